The van der Waals surface area contributed by atoms with Gasteiger partial charge in [0, 0.05) is 31.7 Å². The Bertz CT molecular complexity index is 982. The number of para-hydroxylation sites is 2. The summed E-state index contributed by atoms with van der Waals surface area (Å²) in [6, 6.07) is 13.9. The van der Waals surface area contributed by atoms with Crippen LogP contribution in [0.25, 0.3) is 0 Å². The summed E-state index contributed by atoms with van der Waals surface area (Å²) in [5, 5.41) is 0. The second-order valence-corrected chi connectivity index (χ2v) is 10.1. The number of carbonyl (C=O) groups excluding carboxylic acids is 1. The van der Waals surface area contributed by atoms with Crippen molar-refractivity contribution in [3.63, 3.8) is 0 Å². The monoisotopic (exact) mass is 466 g/mol. The van der Waals surface area contributed by atoms with E-state index in [0.29, 0.717) is 28.4 Å². The Balaban J connectivity index is 1.36. The number of hydrogen-bond acceptors (Lipinski definition) is 5. The molecule has 0 unspecified atom stereocenters. The van der Waals surface area contributed by atoms with Gasteiger partial charge in [-0.3, -0.25) is 9.69 Å². The van der Waals surface area contributed by atoms with Crippen LogP contribution < -0.4 is 14.2 Å². The van der Waals surface area contributed by atoms with Crippen LogP contribution in [0.2, 0.25) is 0 Å². The van der Waals surface area contributed by atoms with Crippen LogP contribution in [0, 0.1) is 11.3 Å². The van der Waals surface area contributed by atoms with Gasteiger partial charge >= 0.3 is 0 Å². The predicted molar refractivity (Wildman–Crippen MR) is 134 cm³/mol. The third-order valence-electron chi connectivity index (χ3n) is 7.20. The molecule has 6 heteroatoms. The van der Waals surface area contributed by atoms with Gasteiger partial charge in [0.25, 0.3) is 5.91 Å². The van der Waals surface area contributed by atoms with E-state index < -0.39 is 0 Å². The highest BCUT2D eigenvalue weighted by molar-refractivity contribution is 5.97. The summed E-state index contributed by atoms with van der Waals surface area (Å²) in [7, 11) is 3.18. The molecule has 1 amide bonds. The van der Waals surface area contributed by atoms with Crippen LogP contribution in [0.3, 0.4) is 0 Å². The number of amides is 1. The Morgan fingerprint density at radius 2 is 1.65 bits per heavy atom. The first-order valence-corrected chi connectivity index (χ1v) is 12.4. The first kappa shape index (κ1) is 24.4. The topological polar surface area (TPSA) is 51.2 Å². The lowest BCUT2D eigenvalue weighted by atomic mass is 9.77. The molecule has 0 atom stereocenters. The number of carbonyl (C=O) groups is 1. The molecule has 4 rings (SSSR count). The maximum Gasteiger partial charge on any atom is 0.257 e. The fourth-order valence-electron chi connectivity index (χ4n) is 5.25. The van der Waals surface area contributed by atoms with Crippen molar-refractivity contribution < 1.29 is 19.0 Å². The highest BCUT2D eigenvalue weighted by atomic mass is 16.5. The zero-order valence-electron chi connectivity index (χ0n) is 21.0. The van der Waals surface area contributed by atoms with Crippen molar-refractivity contribution in [1.82, 2.24) is 9.80 Å². The lowest BCUT2D eigenvalue weighted by Gasteiger charge is -2.39. The van der Waals surface area contributed by atoms with Gasteiger partial charge in [-0.1, -0.05) is 38.1 Å². The number of piperidine rings is 1. The standard InChI is InChI=1S/C28H38N2O4/c1-21(2)19-34-24-10-6-5-8-22(24)18-29-15-12-28(20-29)13-16-30(17-14-28)27(31)23-9-7-11-25(32-3)26(23)33-4/h5-11,21H,12-20H2,1-4H3. The van der Waals surface area contributed by atoms with Gasteiger partial charge in [0.05, 0.1) is 26.4 Å². The summed E-state index contributed by atoms with van der Waals surface area (Å²) < 4.78 is 16.9. The van der Waals surface area contributed by atoms with Crippen molar-refractivity contribution in [2.45, 2.75) is 39.7 Å². The number of likely N-dealkylation sites (tertiary alicyclic amines) is 2. The van der Waals surface area contributed by atoms with E-state index in [1.165, 1.54) is 12.0 Å². The smallest absolute Gasteiger partial charge is 0.257 e. The van der Waals surface area contributed by atoms with E-state index in [9.17, 15) is 4.79 Å². The Hall–Kier alpha value is -2.73. The number of rotatable bonds is 8. The number of hydrogen-bond donors (Lipinski definition) is 0. The lowest BCUT2D eigenvalue weighted by Crippen LogP contribution is -2.44. The Kier molecular flexibility index (Phi) is 7.67. The summed E-state index contributed by atoms with van der Waals surface area (Å²) in [6.45, 7) is 9.74. The van der Waals surface area contributed by atoms with Crippen LogP contribution in [0.1, 0.15) is 49.0 Å². The van der Waals surface area contributed by atoms with Crippen LogP contribution in [-0.2, 0) is 6.54 Å². The maximum absolute atomic E-state index is 13.3. The highest BCUT2D eigenvalue weighted by Crippen LogP contribution is 2.42. The number of benzene rings is 2. The number of ether oxygens (including phenoxy) is 3. The van der Waals surface area contributed by atoms with Gasteiger partial charge in [0.1, 0.15) is 5.75 Å². The molecule has 2 aliphatic heterocycles. The molecule has 1 spiro atoms. The molecule has 2 heterocycles. The zero-order chi connectivity index (χ0) is 24.1. The Morgan fingerprint density at radius 3 is 2.35 bits per heavy atom. The molecule has 2 aromatic carbocycles. The maximum atomic E-state index is 13.3. The second-order valence-electron chi connectivity index (χ2n) is 10.1. The Morgan fingerprint density at radius 1 is 0.941 bits per heavy atom. The van der Waals surface area contributed by atoms with Gasteiger partial charge in [0.15, 0.2) is 11.5 Å². The molecule has 6 nitrogen and oxygen atoms in total. The quantitative estimate of drug-likeness (QED) is 0.556. The van der Waals surface area contributed by atoms with Crippen LogP contribution >= 0.6 is 0 Å². The van der Waals surface area contributed by atoms with Gasteiger partial charge in [-0.05, 0) is 55.3 Å². The zero-order valence-corrected chi connectivity index (χ0v) is 21.0. The van der Waals surface area contributed by atoms with Gasteiger partial charge in [-0.25, -0.2) is 0 Å². The van der Waals surface area contributed by atoms with Crippen molar-refractivity contribution in [3.8, 4) is 17.2 Å². The second kappa shape index (κ2) is 10.7. The SMILES string of the molecule is COc1cccc(C(=O)N2CCC3(CCN(Cc4ccccc4OCC(C)C)C3)CC2)c1OC. The van der Waals surface area contributed by atoms with Crippen molar-refractivity contribution >= 4 is 5.91 Å². The van der Waals surface area contributed by atoms with E-state index in [1.54, 1.807) is 14.2 Å². The molecule has 2 aromatic rings. The molecular weight excluding hydrogens is 428 g/mol. The van der Waals surface area contributed by atoms with Crippen LogP contribution in [0.15, 0.2) is 42.5 Å². The minimum absolute atomic E-state index is 0.0247. The summed E-state index contributed by atoms with van der Waals surface area (Å²) in [4.78, 5) is 17.8. The third kappa shape index (κ3) is 5.33. The molecule has 0 N–H and O–H groups in total. The van der Waals surface area contributed by atoms with Gasteiger partial charge in [0.2, 0.25) is 0 Å². The molecule has 0 aliphatic carbocycles. The molecule has 0 radical (unpaired) electrons. The average molecular weight is 467 g/mol. The lowest BCUT2D eigenvalue weighted by molar-refractivity contribution is 0.0584. The summed E-state index contributed by atoms with van der Waals surface area (Å²) in [5.74, 6) is 2.64. The van der Waals surface area contributed by atoms with Gasteiger partial charge in [-0.2, -0.15) is 0 Å². The van der Waals surface area contributed by atoms with Crippen LogP contribution in [-0.4, -0.2) is 62.7 Å². The van der Waals surface area contributed by atoms with Gasteiger partial charge < -0.3 is 19.1 Å². The molecule has 2 saturated heterocycles. The Labute approximate surface area is 203 Å². The van der Waals surface area contributed by atoms with E-state index in [2.05, 4.69) is 43.0 Å². The minimum atomic E-state index is 0.0247. The summed E-state index contributed by atoms with van der Waals surface area (Å²) >= 11 is 0. The predicted octanol–water partition coefficient (Wildman–Crippen LogP) is 4.87. The van der Waals surface area contributed by atoms with Gasteiger partial charge in [-0.15, -0.1) is 0 Å². The first-order valence-electron chi connectivity index (χ1n) is 12.4. The van der Waals surface area contributed by atoms with E-state index in [4.69, 9.17) is 14.2 Å². The highest BCUT2D eigenvalue weighted by Gasteiger charge is 2.41. The van der Waals surface area contributed by atoms with E-state index in [1.807, 2.05) is 23.1 Å². The first-order chi connectivity index (χ1) is 16.4. The molecule has 0 aromatic heterocycles. The van der Waals surface area contributed by atoms with E-state index in [-0.39, 0.29) is 5.91 Å². The van der Waals surface area contributed by atoms with Crippen molar-refractivity contribution in [1.29, 1.82) is 0 Å². The molecular formula is C28H38N2O4. The van der Waals surface area contributed by atoms with Crippen LogP contribution in [0.5, 0.6) is 17.2 Å². The molecule has 34 heavy (non-hydrogen) atoms. The molecule has 0 saturated carbocycles. The fourth-order valence-corrected chi connectivity index (χ4v) is 5.25. The molecule has 2 fully saturated rings. The molecule has 2 aliphatic rings. The third-order valence-corrected chi connectivity index (χ3v) is 7.20. The molecule has 184 valence electrons. The van der Waals surface area contributed by atoms with Crippen molar-refractivity contribution in [2.24, 2.45) is 11.3 Å². The number of nitrogens with zero attached hydrogens (tertiary/aromatic N) is 2. The fraction of sp³-hybridized carbons (Fsp3) is 0.536. The van der Waals surface area contributed by atoms with Crippen molar-refractivity contribution in [3.05, 3.63) is 53.6 Å². The minimum Gasteiger partial charge on any atom is -0.493 e. The largest absolute Gasteiger partial charge is 0.493 e. The van der Waals surface area contributed by atoms with Crippen LogP contribution in [0.4, 0.5) is 0 Å². The van der Waals surface area contributed by atoms with Crippen molar-refractivity contribution in [2.75, 3.05) is 47.0 Å². The summed E-state index contributed by atoms with van der Waals surface area (Å²) in [6.07, 6.45) is 3.26. The van der Waals surface area contributed by atoms with E-state index in [0.717, 1.165) is 57.9 Å². The normalized spacial score (nSPS) is 17.9. The summed E-state index contributed by atoms with van der Waals surface area (Å²) in [5.41, 5.74) is 2.13. The number of methoxy groups -OCH3 is 2. The van der Waals surface area contributed by atoms with E-state index >= 15 is 0 Å². The average Bonchev–Trinajstić information content (AvgIpc) is 3.24. The molecule has 0 bridgehead atoms.